The third-order valence-electron chi connectivity index (χ3n) is 4.01. The van der Waals surface area contributed by atoms with Gasteiger partial charge < -0.3 is 4.74 Å². The van der Waals surface area contributed by atoms with Gasteiger partial charge in [0, 0.05) is 25.0 Å². The van der Waals surface area contributed by atoms with Crippen molar-refractivity contribution in [2.24, 2.45) is 7.05 Å². The van der Waals surface area contributed by atoms with Gasteiger partial charge in [-0.25, -0.2) is 0 Å². The Morgan fingerprint density at radius 2 is 1.83 bits per heavy atom. The summed E-state index contributed by atoms with van der Waals surface area (Å²) in [6.07, 6.45) is 1.36. The highest BCUT2D eigenvalue weighted by atomic mass is 19.4. The van der Waals surface area contributed by atoms with Gasteiger partial charge in [-0.15, -0.1) is 18.3 Å². The fourth-order valence-corrected chi connectivity index (χ4v) is 2.54. The number of aromatic nitrogens is 4. The van der Waals surface area contributed by atoms with Gasteiger partial charge in [-0.2, -0.15) is 9.78 Å². The molecule has 8 heteroatoms. The molecule has 2 aromatic heterocycles. The lowest BCUT2D eigenvalue weighted by molar-refractivity contribution is -0.212. The monoisotopic (exact) mass is 330 g/mol. The van der Waals surface area contributed by atoms with Gasteiger partial charge in [0.1, 0.15) is 0 Å². The quantitative estimate of drug-likeness (QED) is 0.809. The highest BCUT2D eigenvalue weighted by Crippen LogP contribution is 2.32. The third-order valence-corrected chi connectivity index (χ3v) is 4.01. The molecule has 0 fully saturated rings. The lowest BCUT2D eigenvalue weighted by atomic mass is 9.91. The molecule has 23 heavy (non-hydrogen) atoms. The maximum absolute atomic E-state index is 12.6. The molecule has 2 rings (SSSR count). The van der Waals surface area contributed by atoms with Crippen LogP contribution < -0.4 is 4.74 Å². The number of rotatable bonds is 6. The molecule has 0 aliphatic rings. The fourth-order valence-electron chi connectivity index (χ4n) is 2.54. The third kappa shape index (κ3) is 4.05. The van der Waals surface area contributed by atoms with Gasteiger partial charge >= 0.3 is 6.30 Å². The van der Waals surface area contributed by atoms with Gasteiger partial charge in [-0.1, -0.05) is 13.8 Å². The second-order valence-corrected chi connectivity index (χ2v) is 5.83. The van der Waals surface area contributed by atoms with Crippen LogP contribution in [-0.4, -0.2) is 26.7 Å². The largest absolute Gasteiger partial charge is 0.504 e. The first kappa shape index (κ1) is 17.4. The molecule has 2 atom stereocenters. The number of methoxy groups -OCH3 is 1. The number of hydrogen-bond acceptors (Lipinski definition) is 3. The predicted octanol–water partition coefficient (Wildman–Crippen LogP) is 3.79. The molecule has 0 N–H and O–H groups in total. The zero-order chi connectivity index (χ0) is 17.2. The lowest BCUT2D eigenvalue weighted by Crippen LogP contribution is -2.16. The summed E-state index contributed by atoms with van der Waals surface area (Å²) in [4.78, 5) is 0. The van der Waals surface area contributed by atoms with Crippen LogP contribution in [0.3, 0.4) is 0 Å². The number of hydrogen-bond donors (Lipinski definition) is 0. The van der Waals surface area contributed by atoms with E-state index in [1.807, 2.05) is 20.2 Å². The van der Waals surface area contributed by atoms with Crippen LogP contribution in [0.1, 0.15) is 49.7 Å². The van der Waals surface area contributed by atoms with Gasteiger partial charge in [-0.3, -0.25) is 4.68 Å². The van der Waals surface area contributed by atoms with Crippen LogP contribution in [0.2, 0.25) is 0 Å². The Hall–Kier alpha value is -1.99. The van der Waals surface area contributed by atoms with Crippen molar-refractivity contribution in [3.05, 3.63) is 29.7 Å². The van der Waals surface area contributed by atoms with E-state index in [-0.39, 0.29) is 16.5 Å². The van der Waals surface area contributed by atoms with E-state index in [0.29, 0.717) is 11.4 Å². The minimum absolute atomic E-state index is 0.00350. The zero-order valence-corrected chi connectivity index (χ0v) is 13.6. The summed E-state index contributed by atoms with van der Waals surface area (Å²) in [6, 6.07) is 0. The Balaban J connectivity index is 1.98. The van der Waals surface area contributed by atoms with Gasteiger partial charge in [0.05, 0.1) is 13.3 Å². The van der Waals surface area contributed by atoms with Crippen LogP contribution in [0.15, 0.2) is 18.6 Å². The van der Waals surface area contributed by atoms with Crippen molar-refractivity contribution in [3.8, 4) is 5.88 Å². The van der Waals surface area contributed by atoms with Crippen LogP contribution in [0.25, 0.3) is 0 Å². The Morgan fingerprint density at radius 3 is 2.39 bits per heavy atom. The van der Waals surface area contributed by atoms with E-state index < -0.39 is 6.30 Å². The fraction of sp³-hybridized carbons (Fsp3) is 0.600. The molecule has 5 nitrogen and oxygen atoms in total. The highest BCUT2D eigenvalue weighted by Gasteiger charge is 2.32. The van der Waals surface area contributed by atoms with Crippen LogP contribution in [0, 0.1) is 0 Å². The Kier molecular flexibility index (Phi) is 5.01. The first-order valence-corrected chi connectivity index (χ1v) is 7.41. The van der Waals surface area contributed by atoms with Crippen molar-refractivity contribution in [1.29, 1.82) is 0 Å². The summed E-state index contributed by atoms with van der Waals surface area (Å²) >= 11 is 0. The van der Waals surface area contributed by atoms with E-state index in [1.54, 1.807) is 11.8 Å². The SMILES string of the molecule is COc1nn(C)cc1C(C)CCC(C)c1cnn(C(F)(F)F)c1. The lowest BCUT2D eigenvalue weighted by Gasteiger charge is -2.14. The van der Waals surface area contributed by atoms with Gasteiger partial charge in [-0.05, 0) is 30.2 Å². The molecule has 2 heterocycles. The first-order chi connectivity index (χ1) is 10.7. The standard InChI is InChI=1S/C15H21F3N4O/c1-10(12-7-19-22(8-12)15(16,17)18)5-6-11(2)13-9-21(3)20-14(13)23-4/h7-11H,5-6H2,1-4H3. The van der Waals surface area contributed by atoms with Crippen molar-refractivity contribution in [3.63, 3.8) is 0 Å². The molecule has 128 valence electrons. The summed E-state index contributed by atoms with van der Waals surface area (Å²) < 4.78 is 44.7. The molecule has 0 bridgehead atoms. The van der Waals surface area contributed by atoms with Crippen molar-refractivity contribution >= 4 is 0 Å². The molecule has 0 aliphatic heterocycles. The van der Waals surface area contributed by atoms with E-state index >= 15 is 0 Å². The molecule has 0 aromatic carbocycles. The molecule has 0 saturated heterocycles. The van der Waals surface area contributed by atoms with Crippen LogP contribution in [0.4, 0.5) is 13.2 Å². The Morgan fingerprint density at radius 1 is 1.17 bits per heavy atom. The van der Waals surface area contributed by atoms with E-state index in [1.165, 1.54) is 6.20 Å². The highest BCUT2D eigenvalue weighted by molar-refractivity contribution is 5.27. The maximum Gasteiger partial charge on any atom is 0.504 e. The molecule has 0 radical (unpaired) electrons. The van der Waals surface area contributed by atoms with Crippen molar-refractivity contribution in [2.75, 3.05) is 7.11 Å². The van der Waals surface area contributed by atoms with Crippen molar-refractivity contribution in [1.82, 2.24) is 19.6 Å². The van der Waals surface area contributed by atoms with E-state index in [4.69, 9.17) is 4.74 Å². The number of nitrogens with zero attached hydrogens (tertiary/aromatic N) is 4. The summed E-state index contributed by atoms with van der Waals surface area (Å²) in [6.45, 7) is 3.97. The molecular weight excluding hydrogens is 309 g/mol. The minimum Gasteiger partial charge on any atom is -0.480 e. The summed E-state index contributed by atoms with van der Waals surface area (Å²) in [7, 11) is 3.40. The normalized spacial score (nSPS) is 14.7. The Bertz CT molecular complexity index is 647. The number of halogens is 3. The predicted molar refractivity (Wildman–Crippen MR) is 79.3 cm³/mol. The molecule has 0 aliphatic carbocycles. The molecule has 0 amide bonds. The van der Waals surface area contributed by atoms with Gasteiger partial charge in [0.15, 0.2) is 0 Å². The van der Waals surface area contributed by atoms with Crippen molar-refractivity contribution in [2.45, 2.75) is 44.8 Å². The second-order valence-electron chi connectivity index (χ2n) is 5.83. The maximum atomic E-state index is 12.6. The van der Waals surface area contributed by atoms with Gasteiger partial charge in [0.2, 0.25) is 5.88 Å². The van der Waals surface area contributed by atoms with Crippen LogP contribution in [0.5, 0.6) is 5.88 Å². The zero-order valence-electron chi connectivity index (χ0n) is 13.6. The first-order valence-electron chi connectivity index (χ1n) is 7.41. The molecular formula is C15H21F3N4O. The molecule has 0 spiro atoms. The summed E-state index contributed by atoms with van der Waals surface area (Å²) in [5, 5.41) is 7.60. The van der Waals surface area contributed by atoms with E-state index in [0.717, 1.165) is 24.6 Å². The smallest absolute Gasteiger partial charge is 0.480 e. The average molecular weight is 330 g/mol. The average Bonchev–Trinajstić information content (AvgIpc) is 3.10. The van der Waals surface area contributed by atoms with Crippen LogP contribution >= 0.6 is 0 Å². The van der Waals surface area contributed by atoms with Gasteiger partial charge in [0.25, 0.3) is 0 Å². The second kappa shape index (κ2) is 6.64. The summed E-state index contributed by atoms with van der Waals surface area (Å²) in [5.74, 6) is 0.799. The Labute approximate surface area is 133 Å². The van der Waals surface area contributed by atoms with Crippen molar-refractivity contribution < 1.29 is 17.9 Å². The molecule has 0 saturated carbocycles. The van der Waals surface area contributed by atoms with E-state index in [2.05, 4.69) is 17.1 Å². The van der Waals surface area contributed by atoms with E-state index in [9.17, 15) is 13.2 Å². The number of ether oxygens (including phenoxy) is 1. The number of alkyl halides is 3. The van der Waals surface area contributed by atoms with Crippen LogP contribution in [-0.2, 0) is 13.3 Å². The molecule has 2 unspecified atom stereocenters. The molecule has 2 aromatic rings. The summed E-state index contributed by atoms with van der Waals surface area (Å²) in [5.41, 5.74) is 1.60. The minimum atomic E-state index is -4.46. The topological polar surface area (TPSA) is 44.9 Å². The number of aryl methyl sites for hydroxylation is 1.